The maximum Gasteiger partial charge on any atom is 0.319 e. The molecule has 0 bridgehead atoms. The van der Waals surface area contributed by atoms with Crippen LogP contribution in [0.2, 0.25) is 0 Å². The van der Waals surface area contributed by atoms with Crippen LogP contribution in [0.3, 0.4) is 0 Å². The largest absolute Gasteiger partial charge is 0.468 e. The van der Waals surface area contributed by atoms with Gasteiger partial charge >= 0.3 is 5.97 Å². The Bertz CT molecular complexity index is 4240. The number of likely N-dealkylation sites (tertiary alicyclic amines) is 2. The average molecular weight is 1800 g/mol. The lowest BCUT2D eigenvalue weighted by atomic mass is 9.85. The van der Waals surface area contributed by atoms with E-state index in [9.17, 15) is 61.5 Å². The first-order valence-electron chi connectivity index (χ1n) is 45.6. The van der Waals surface area contributed by atoms with Gasteiger partial charge in [-0.05, 0) is 198 Å². The third kappa shape index (κ3) is 34.1. The summed E-state index contributed by atoms with van der Waals surface area (Å²) in [6.07, 6.45) is 8.28. The molecule has 31 nitrogen and oxygen atoms in total. The molecule has 0 radical (unpaired) electrons. The van der Waals surface area contributed by atoms with Gasteiger partial charge < -0.3 is 94.5 Å². The van der Waals surface area contributed by atoms with Gasteiger partial charge in [-0.2, -0.15) is 0 Å². The second-order valence-electron chi connectivity index (χ2n) is 33.0. The van der Waals surface area contributed by atoms with E-state index >= 15 is 0 Å². The molecule has 0 aromatic heterocycles. The quantitative estimate of drug-likeness (QED) is 0.0118. The van der Waals surface area contributed by atoms with E-state index in [0.29, 0.717) is 244 Å². The molecule has 4 saturated heterocycles. The third-order valence-corrected chi connectivity index (χ3v) is 23.5. The van der Waals surface area contributed by atoms with E-state index < -0.39 is 17.0 Å². The van der Waals surface area contributed by atoms with Gasteiger partial charge in [0.05, 0.1) is 92.9 Å². The number of nitrogens with one attached hydrogen (secondary N) is 6. The molecule has 704 valence electrons. The van der Waals surface area contributed by atoms with Crippen molar-refractivity contribution in [2.75, 3.05) is 218 Å². The van der Waals surface area contributed by atoms with E-state index in [2.05, 4.69) is 51.5 Å². The van der Waals surface area contributed by atoms with Crippen LogP contribution < -0.4 is 41.7 Å². The first-order valence-corrected chi connectivity index (χ1v) is 45.6. The molecule has 2 spiro atoms. The first kappa shape index (κ1) is 101. The second-order valence-corrected chi connectivity index (χ2v) is 33.0. The fourth-order valence-corrected chi connectivity index (χ4v) is 16.3. The Morgan fingerprint density at radius 2 is 0.685 bits per heavy atom. The number of halogens is 2. The number of piperidine rings is 2. The summed E-state index contributed by atoms with van der Waals surface area (Å²) in [5.74, 6) is -2.91. The Balaban J connectivity index is 0.463. The van der Waals surface area contributed by atoms with Crippen LogP contribution in [0.5, 0.6) is 0 Å². The molecule has 4 heterocycles. The number of carbonyl (C=O) groups is 11. The molecule has 4 fully saturated rings. The lowest BCUT2D eigenvalue weighted by Crippen LogP contribution is -2.56. The highest BCUT2D eigenvalue weighted by atomic mass is 19.1. The van der Waals surface area contributed by atoms with Crippen LogP contribution in [0.4, 0.5) is 31.5 Å². The lowest BCUT2D eigenvalue weighted by Gasteiger charge is -2.43. The summed E-state index contributed by atoms with van der Waals surface area (Å²) in [6, 6.07) is 46.5. The number of para-hydroxylation sites is 2. The summed E-state index contributed by atoms with van der Waals surface area (Å²) in [5, 5.41) is 17.0. The van der Waals surface area contributed by atoms with Crippen LogP contribution in [0.1, 0.15) is 135 Å². The maximum absolute atomic E-state index is 14.4. The Hall–Kier alpha value is -11.0. The number of amides is 8. The molecule has 4 aliphatic heterocycles. The smallest absolute Gasteiger partial charge is 0.319 e. The van der Waals surface area contributed by atoms with Crippen molar-refractivity contribution in [2.24, 2.45) is 0 Å². The van der Waals surface area contributed by atoms with E-state index in [-0.39, 0.29) is 116 Å². The van der Waals surface area contributed by atoms with Gasteiger partial charge in [-0.3, -0.25) is 57.6 Å². The normalized spacial score (nSPS) is 14.9. The molecule has 0 aliphatic carbocycles. The molecule has 0 atom stereocenters. The van der Waals surface area contributed by atoms with Gasteiger partial charge in [-0.1, -0.05) is 60.7 Å². The van der Waals surface area contributed by atoms with Crippen molar-refractivity contribution < 1.29 is 94.7 Å². The predicted molar refractivity (Wildman–Crippen MR) is 488 cm³/mol. The Morgan fingerprint density at radius 3 is 1.02 bits per heavy atom. The molecular formula is C97H129F2N13O18. The minimum atomic E-state index is -0.666. The summed E-state index contributed by atoms with van der Waals surface area (Å²) in [4.78, 5) is 157. The van der Waals surface area contributed by atoms with Crippen LogP contribution in [-0.4, -0.2) is 298 Å². The van der Waals surface area contributed by atoms with Gasteiger partial charge in [0, 0.05) is 164 Å². The summed E-state index contributed by atoms with van der Waals surface area (Å²) >= 11 is 0. The van der Waals surface area contributed by atoms with Crippen molar-refractivity contribution in [3.8, 4) is 0 Å². The third-order valence-electron chi connectivity index (χ3n) is 23.5. The molecular weight excluding hydrogens is 1670 g/mol. The van der Waals surface area contributed by atoms with Gasteiger partial charge in [-0.15, -0.1) is 0 Å². The van der Waals surface area contributed by atoms with E-state index in [1.54, 1.807) is 0 Å². The number of anilines is 4. The zero-order valence-corrected chi connectivity index (χ0v) is 75.0. The SMILES string of the molecule is COC(=O)CN(CC(=O)NCCCOCCOCCOCCCNC(=O)CCC(=O)Nc1ccc(CCN2CN(c3ccccc3)C3(CCN(CCCC(=O)c4ccc(F)cc4)CC3)C2=O)cc1)CC(=O)NCCCOCCOCCOCCCNC(=O)CCC(=O)Nc1ccc(CCN2CN(c3ccccc3)C3(CCN(CCCC(=O)c4ccc(F)cc4)CC3)C2=O)cc1. The van der Waals surface area contributed by atoms with E-state index in [1.165, 1.54) is 60.5 Å². The molecule has 10 rings (SSSR count). The van der Waals surface area contributed by atoms with Crippen LogP contribution >= 0.6 is 0 Å². The summed E-state index contributed by atoms with van der Waals surface area (Å²) < 4.78 is 65.2. The summed E-state index contributed by atoms with van der Waals surface area (Å²) in [6.45, 7) is 11.4. The van der Waals surface area contributed by atoms with Gasteiger partial charge in [-0.25, -0.2) is 8.78 Å². The number of hydrogen-bond donors (Lipinski definition) is 6. The lowest BCUT2D eigenvalue weighted by molar-refractivity contribution is -0.143. The molecule has 33 heteroatoms. The van der Waals surface area contributed by atoms with Crippen molar-refractivity contribution in [1.82, 2.24) is 45.8 Å². The molecule has 8 amide bonds. The van der Waals surface area contributed by atoms with Crippen LogP contribution in [0, 0.1) is 11.6 Å². The van der Waals surface area contributed by atoms with Crippen molar-refractivity contribution in [2.45, 2.75) is 127 Å². The molecule has 6 aromatic rings. The minimum Gasteiger partial charge on any atom is -0.468 e. The fraction of sp³-hybridized carbons (Fsp3) is 0.515. The Morgan fingerprint density at radius 1 is 0.362 bits per heavy atom. The van der Waals surface area contributed by atoms with Crippen molar-refractivity contribution in [3.05, 3.63) is 192 Å². The molecule has 4 aliphatic rings. The average Bonchev–Trinajstić information content (AvgIpc) is 1.59. The fourth-order valence-electron chi connectivity index (χ4n) is 16.3. The van der Waals surface area contributed by atoms with Crippen LogP contribution in [0.25, 0.3) is 0 Å². The van der Waals surface area contributed by atoms with E-state index in [0.717, 1.165) is 61.8 Å². The highest BCUT2D eigenvalue weighted by Crippen LogP contribution is 2.42. The van der Waals surface area contributed by atoms with Crippen LogP contribution in [-0.2, 0) is 89.2 Å². The highest BCUT2D eigenvalue weighted by Gasteiger charge is 2.55. The van der Waals surface area contributed by atoms with E-state index in [1.807, 2.05) is 119 Å². The zero-order chi connectivity index (χ0) is 92.0. The number of ether oxygens (including phenoxy) is 7. The number of Topliss-reactive ketones (excluding diaryl/α,β-unsaturated/α-hetero) is 2. The van der Waals surface area contributed by atoms with Gasteiger partial charge in [0.1, 0.15) is 22.7 Å². The van der Waals surface area contributed by atoms with Crippen molar-refractivity contribution >= 4 is 87.5 Å². The Labute approximate surface area is 760 Å². The maximum atomic E-state index is 14.4. The molecule has 6 aromatic carbocycles. The number of benzene rings is 6. The Kier molecular flexibility index (Phi) is 43.0. The minimum absolute atomic E-state index is 0.00818. The summed E-state index contributed by atoms with van der Waals surface area (Å²) in [5.41, 5.74) is 4.94. The predicted octanol–water partition coefficient (Wildman–Crippen LogP) is 8.40. The summed E-state index contributed by atoms with van der Waals surface area (Å²) in [7, 11) is 1.23. The number of ketones is 2. The number of carbonyl (C=O) groups excluding carboxylic acids is 11. The number of rotatable bonds is 60. The molecule has 0 saturated carbocycles. The zero-order valence-electron chi connectivity index (χ0n) is 75.0. The number of esters is 1. The van der Waals surface area contributed by atoms with E-state index in [4.69, 9.17) is 33.2 Å². The first-order chi connectivity index (χ1) is 63.2. The van der Waals surface area contributed by atoms with Crippen LogP contribution in [0.15, 0.2) is 158 Å². The number of methoxy groups -OCH3 is 1. The molecule has 0 unspecified atom stereocenters. The molecule has 130 heavy (non-hydrogen) atoms. The van der Waals surface area contributed by atoms with Gasteiger partial charge in [0.2, 0.25) is 47.3 Å². The van der Waals surface area contributed by atoms with Crippen molar-refractivity contribution in [1.29, 1.82) is 0 Å². The van der Waals surface area contributed by atoms with Gasteiger partial charge in [0.15, 0.2) is 11.6 Å². The highest BCUT2D eigenvalue weighted by molar-refractivity contribution is 5.98. The number of nitrogens with zero attached hydrogens (tertiary/aromatic N) is 7. The standard InChI is InChI=1S/C97H129F2N13O18/c1-124-93(121)72-108(70-91(119)102-48-12-60-127-64-68-129-66-62-125-58-10-46-100-87(115)36-38-89(117)104-81-32-20-75(21-33-81)40-52-109-73-111(83-14-4-2-5-15-83)96(94(109)122)42-54-106(55-43-96)50-8-18-85(113)77-24-28-79(98)29-25-77)71-92(120)103-49-13-61-128-65-69-130-67-63-126-59-11-47-101-88(116)37-39-90(118)105-82-34-22-76(23-35-82)41-53-110-74-112(84-16-6-3-7-17-84)97(95(110)123)44-56-107(57-45-97)51-9-19-86(114)78-26-30-80(99)31-27-78/h2-7,14-17,20-35H,8-13,18-19,36-74H2,1H3,(H,100,115)(H,101,116)(H,102,119)(H,103,120)(H,104,117)(H,105,118). The number of hydrogen-bond acceptors (Lipinski definition) is 23. The van der Waals surface area contributed by atoms with Gasteiger partial charge in [0.25, 0.3) is 0 Å². The molecule has 6 N–H and O–H groups in total. The van der Waals surface area contributed by atoms with Crippen molar-refractivity contribution in [3.63, 3.8) is 0 Å². The second kappa shape index (κ2) is 55.2. The topological polar surface area (TPSA) is 347 Å². The monoisotopic (exact) mass is 1800 g/mol.